The van der Waals surface area contributed by atoms with Crippen molar-refractivity contribution in [3.63, 3.8) is 0 Å². The maximum absolute atomic E-state index is 13.4. The zero-order valence-corrected chi connectivity index (χ0v) is 8.03. The molecule has 3 heteroatoms. The summed E-state index contributed by atoms with van der Waals surface area (Å²) in [6, 6.07) is 7.28. The minimum Gasteiger partial charge on any atom is -0.242 e. The van der Waals surface area contributed by atoms with Gasteiger partial charge < -0.3 is 0 Å². The van der Waals surface area contributed by atoms with Crippen molar-refractivity contribution in [1.82, 2.24) is 0 Å². The number of hydrogen-bond acceptors (Lipinski definition) is 2. The van der Waals surface area contributed by atoms with Crippen LogP contribution >= 0.6 is 0 Å². The van der Waals surface area contributed by atoms with E-state index in [1.54, 1.807) is 12.1 Å². The fourth-order valence-corrected chi connectivity index (χ4v) is 1.26. The fraction of sp³-hybridized carbons (Fsp3) is 0.364. The molecule has 0 amide bonds. The van der Waals surface area contributed by atoms with Crippen molar-refractivity contribution in [2.45, 2.75) is 19.5 Å². The quantitative estimate of drug-likeness (QED) is 0.534. The topological polar surface area (TPSA) is 29.4 Å². The van der Waals surface area contributed by atoms with Crippen molar-refractivity contribution >= 4 is 6.08 Å². The number of isocyanates is 1. The zero-order valence-electron chi connectivity index (χ0n) is 8.03. The molecule has 1 atom stereocenters. The number of alkyl halides is 1. The Bertz CT molecular complexity index is 345. The summed E-state index contributed by atoms with van der Waals surface area (Å²) in [4.78, 5) is 13.1. The van der Waals surface area contributed by atoms with Crippen molar-refractivity contribution in [3.05, 3.63) is 35.4 Å². The van der Waals surface area contributed by atoms with Gasteiger partial charge in [0.15, 0.2) is 0 Å². The lowest BCUT2D eigenvalue weighted by Gasteiger charge is -2.06. The Labute approximate surface area is 82.5 Å². The SMILES string of the molecule is Cc1cccc(C(F)CCN=C=O)c1. The Morgan fingerprint density at radius 3 is 3.00 bits per heavy atom. The number of halogens is 1. The molecule has 0 radical (unpaired) electrons. The molecule has 14 heavy (non-hydrogen) atoms. The molecular formula is C11H12FNO. The standard InChI is InChI=1S/C11H12FNO/c1-9-3-2-4-10(7-9)11(12)5-6-13-8-14/h2-4,7,11H,5-6H2,1H3. The molecular weight excluding hydrogens is 181 g/mol. The lowest BCUT2D eigenvalue weighted by molar-refractivity contribution is 0.328. The van der Waals surface area contributed by atoms with E-state index in [9.17, 15) is 9.18 Å². The first-order valence-corrected chi connectivity index (χ1v) is 4.48. The third kappa shape index (κ3) is 3.11. The van der Waals surface area contributed by atoms with Crippen LogP contribution in [-0.2, 0) is 4.79 Å². The summed E-state index contributed by atoms with van der Waals surface area (Å²) in [6.07, 6.45) is 0.580. The number of nitrogens with zero attached hydrogens (tertiary/aromatic N) is 1. The van der Waals surface area contributed by atoms with Gasteiger partial charge in [0.2, 0.25) is 6.08 Å². The van der Waals surface area contributed by atoms with Crippen LogP contribution in [0.2, 0.25) is 0 Å². The van der Waals surface area contributed by atoms with Gasteiger partial charge in [0.05, 0.1) is 6.54 Å². The normalized spacial score (nSPS) is 11.9. The first-order chi connectivity index (χ1) is 6.74. The van der Waals surface area contributed by atoms with Crippen LogP contribution in [0.3, 0.4) is 0 Å². The molecule has 0 aliphatic rings. The van der Waals surface area contributed by atoms with Gasteiger partial charge in [-0.3, -0.25) is 0 Å². The Balaban J connectivity index is 2.59. The predicted octanol–water partition coefficient (Wildman–Crippen LogP) is 2.73. The molecule has 0 aliphatic carbocycles. The highest BCUT2D eigenvalue weighted by Gasteiger charge is 2.08. The van der Waals surface area contributed by atoms with Crippen molar-refractivity contribution in [1.29, 1.82) is 0 Å². The maximum atomic E-state index is 13.4. The highest BCUT2D eigenvalue weighted by atomic mass is 19.1. The van der Waals surface area contributed by atoms with E-state index in [4.69, 9.17) is 0 Å². The Morgan fingerprint density at radius 1 is 1.57 bits per heavy atom. The van der Waals surface area contributed by atoms with Crippen LogP contribution in [0.15, 0.2) is 29.3 Å². The van der Waals surface area contributed by atoms with Gasteiger partial charge in [-0.25, -0.2) is 14.2 Å². The van der Waals surface area contributed by atoms with Crippen LogP contribution in [0.4, 0.5) is 4.39 Å². The van der Waals surface area contributed by atoms with E-state index in [0.29, 0.717) is 5.56 Å². The second-order valence-electron chi connectivity index (χ2n) is 3.14. The smallest absolute Gasteiger partial charge is 0.234 e. The van der Waals surface area contributed by atoms with Gasteiger partial charge in [-0.05, 0) is 12.5 Å². The van der Waals surface area contributed by atoms with Gasteiger partial charge in [0, 0.05) is 6.42 Å². The first kappa shape index (κ1) is 10.6. The summed E-state index contributed by atoms with van der Waals surface area (Å²) >= 11 is 0. The molecule has 0 saturated heterocycles. The van der Waals surface area contributed by atoms with E-state index in [0.717, 1.165) is 5.56 Å². The summed E-state index contributed by atoms with van der Waals surface area (Å²) in [5.74, 6) is 0. The lowest BCUT2D eigenvalue weighted by Crippen LogP contribution is -1.94. The molecule has 0 spiro atoms. The van der Waals surface area contributed by atoms with Crippen molar-refractivity contribution in [3.8, 4) is 0 Å². The van der Waals surface area contributed by atoms with Crippen molar-refractivity contribution < 1.29 is 9.18 Å². The third-order valence-electron chi connectivity index (χ3n) is 1.96. The summed E-state index contributed by atoms with van der Waals surface area (Å²) < 4.78 is 13.4. The molecule has 1 aromatic carbocycles. The maximum Gasteiger partial charge on any atom is 0.234 e. The van der Waals surface area contributed by atoms with E-state index in [2.05, 4.69) is 4.99 Å². The number of aliphatic imine (C=N–C) groups is 1. The number of aryl methyl sites for hydroxylation is 1. The van der Waals surface area contributed by atoms with E-state index >= 15 is 0 Å². The molecule has 1 rings (SSSR count). The van der Waals surface area contributed by atoms with E-state index in [1.807, 2.05) is 19.1 Å². The second-order valence-corrected chi connectivity index (χ2v) is 3.14. The summed E-state index contributed by atoms with van der Waals surface area (Å²) in [5, 5.41) is 0. The summed E-state index contributed by atoms with van der Waals surface area (Å²) in [6.45, 7) is 2.11. The number of rotatable bonds is 4. The highest BCUT2D eigenvalue weighted by Crippen LogP contribution is 2.21. The number of benzene rings is 1. The molecule has 1 aromatic rings. The van der Waals surface area contributed by atoms with Gasteiger partial charge in [-0.2, -0.15) is 0 Å². The van der Waals surface area contributed by atoms with Crippen LogP contribution in [0.1, 0.15) is 23.7 Å². The van der Waals surface area contributed by atoms with Crippen LogP contribution in [0, 0.1) is 6.92 Å². The largest absolute Gasteiger partial charge is 0.242 e. The van der Waals surface area contributed by atoms with Crippen LogP contribution in [0.5, 0.6) is 0 Å². The molecule has 0 saturated carbocycles. The van der Waals surface area contributed by atoms with Crippen LogP contribution in [0.25, 0.3) is 0 Å². The summed E-state index contributed by atoms with van der Waals surface area (Å²) in [5.41, 5.74) is 1.68. The molecule has 0 N–H and O–H groups in total. The molecule has 1 unspecified atom stereocenters. The lowest BCUT2D eigenvalue weighted by atomic mass is 10.1. The average molecular weight is 193 g/mol. The minimum absolute atomic E-state index is 0.193. The number of hydrogen-bond donors (Lipinski definition) is 0. The van der Waals surface area contributed by atoms with Crippen LogP contribution < -0.4 is 0 Å². The fourth-order valence-electron chi connectivity index (χ4n) is 1.26. The van der Waals surface area contributed by atoms with Gasteiger partial charge in [0.25, 0.3) is 0 Å². The predicted molar refractivity (Wildman–Crippen MR) is 52.6 cm³/mol. The zero-order chi connectivity index (χ0) is 10.4. The van der Waals surface area contributed by atoms with Gasteiger partial charge in [-0.1, -0.05) is 29.8 Å². The van der Waals surface area contributed by atoms with Crippen molar-refractivity contribution in [2.24, 2.45) is 4.99 Å². The number of carbonyl (C=O) groups excluding carboxylic acids is 1. The van der Waals surface area contributed by atoms with Gasteiger partial charge in [-0.15, -0.1) is 0 Å². The van der Waals surface area contributed by atoms with Crippen LogP contribution in [-0.4, -0.2) is 12.6 Å². The summed E-state index contributed by atoms with van der Waals surface area (Å²) in [7, 11) is 0. The second kappa shape index (κ2) is 5.30. The van der Waals surface area contributed by atoms with Gasteiger partial charge in [0.1, 0.15) is 6.17 Å². The first-order valence-electron chi connectivity index (χ1n) is 4.48. The third-order valence-corrected chi connectivity index (χ3v) is 1.96. The molecule has 0 aromatic heterocycles. The molecule has 74 valence electrons. The minimum atomic E-state index is -1.05. The van der Waals surface area contributed by atoms with Crippen molar-refractivity contribution in [2.75, 3.05) is 6.54 Å². The molecule has 0 aliphatic heterocycles. The molecule has 0 fully saturated rings. The molecule has 2 nitrogen and oxygen atoms in total. The van der Waals surface area contributed by atoms with Gasteiger partial charge >= 0.3 is 0 Å². The Morgan fingerprint density at radius 2 is 2.36 bits per heavy atom. The highest BCUT2D eigenvalue weighted by molar-refractivity contribution is 5.32. The molecule has 0 heterocycles. The monoisotopic (exact) mass is 193 g/mol. The Kier molecular flexibility index (Phi) is 4.02. The van der Waals surface area contributed by atoms with E-state index in [-0.39, 0.29) is 13.0 Å². The van der Waals surface area contributed by atoms with E-state index in [1.165, 1.54) is 6.08 Å². The average Bonchev–Trinajstić information content (AvgIpc) is 2.18. The van der Waals surface area contributed by atoms with E-state index < -0.39 is 6.17 Å². The molecule has 0 bridgehead atoms. The Hall–Kier alpha value is -1.47.